The van der Waals surface area contributed by atoms with E-state index in [1.807, 2.05) is 18.2 Å². The molecular weight excluding hydrogens is 230 g/mol. The van der Waals surface area contributed by atoms with Crippen LogP contribution in [0.3, 0.4) is 0 Å². The third kappa shape index (κ3) is 3.39. The summed E-state index contributed by atoms with van der Waals surface area (Å²) in [6, 6.07) is 5.66. The fourth-order valence-electron chi connectivity index (χ4n) is 1.85. The van der Waals surface area contributed by atoms with Crippen LogP contribution in [0.1, 0.15) is 25.3 Å². The van der Waals surface area contributed by atoms with Crippen LogP contribution in [0.25, 0.3) is 0 Å². The zero-order valence-electron chi connectivity index (χ0n) is 10.7. The topological polar surface area (TPSA) is 47.6 Å². The van der Waals surface area contributed by atoms with E-state index in [0.717, 1.165) is 36.4 Å². The molecule has 0 aliphatic carbocycles. The van der Waals surface area contributed by atoms with Gasteiger partial charge in [0.05, 0.1) is 6.42 Å². The van der Waals surface area contributed by atoms with Crippen LogP contribution in [-0.4, -0.2) is 25.7 Å². The van der Waals surface area contributed by atoms with E-state index >= 15 is 0 Å². The van der Waals surface area contributed by atoms with E-state index in [1.54, 1.807) is 0 Å². The summed E-state index contributed by atoms with van der Waals surface area (Å²) in [7, 11) is 0. The molecule has 0 fully saturated rings. The average Bonchev–Trinajstić information content (AvgIpc) is 2.39. The van der Waals surface area contributed by atoms with Gasteiger partial charge in [-0.3, -0.25) is 4.79 Å². The van der Waals surface area contributed by atoms with Gasteiger partial charge in [-0.05, 0) is 24.1 Å². The fraction of sp³-hybridized carbons (Fsp3) is 0.500. The van der Waals surface area contributed by atoms with Gasteiger partial charge in [0, 0.05) is 6.54 Å². The maximum absolute atomic E-state index is 11.7. The van der Waals surface area contributed by atoms with Gasteiger partial charge in [-0.2, -0.15) is 0 Å². The van der Waals surface area contributed by atoms with Crippen LogP contribution >= 0.6 is 0 Å². The summed E-state index contributed by atoms with van der Waals surface area (Å²) in [4.78, 5) is 11.7. The standard InChI is InChI=1S/C14H19NO3/c1-2-3-6-15-14(16)10-11-4-5-12-13(9-11)18-8-7-17-12/h4-5,9H,2-3,6-8,10H2,1H3,(H,15,16). The van der Waals surface area contributed by atoms with E-state index in [0.29, 0.717) is 19.6 Å². The Kier molecular flexibility index (Phi) is 4.45. The van der Waals surface area contributed by atoms with E-state index in [2.05, 4.69) is 12.2 Å². The minimum Gasteiger partial charge on any atom is -0.486 e. The van der Waals surface area contributed by atoms with Crippen molar-refractivity contribution in [2.45, 2.75) is 26.2 Å². The number of nitrogens with one attached hydrogen (secondary N) is 1. The van der Waals surface area contributed by atoms with Crippen LogP contribution in [0, 0.1) is 0 Å². The molecule has 0 spiro atoms. The van der Waals surface area contributed by atoms with Gasteiger partial charge < -0.3 is 14.8 Å². The molecule has 0 bridgehead atoms. The Labute approximate surface area is 107 Å². The lowest BCUT2D eigenvalue weighted by Gasteiger charge is -2.18. The van der Waals surface area contributed by atoms with Crippen LogP contribution in [0.5, 0.6) is 11.5 Å². The largest absolute Gasteiger partial charge is 0.486 e. The highest BCUT2D eigenvalue weighted by molar-refractivity contribution is 5.78. The molecule has 0 saturated carbocycles. The molecule has 0 saturated heterocycles. The molecule has 0 unspecified atom stereocenters. The number of ether oxygens (including phenoxy) is 2. The molecule has 4 heteroatoms. The molecule has 0 aromatic heterocycles. The molecule has 1 N–H and O–H groups in total. The first-order valence-corrected chi connectivity index (χ1v) is 6.45. The highest BCUT2D eigenvalue weighted by Crippen LogP contribution is 2.30. The van der Waals surface area contributed by atoms with E-state index in [1.165, 1.54) is 0 Å². The molecule has 2 rings (SSSR count). The van der Waals surface area contributed by atoms with Crippen LogP contribution in [0.15, 0.2) is 18.2 Å². The van der Waals surface area contributed by atoms with Crippen molar-refractivity contribution in [3.63, 3.8) is 0 Å². The molecule has 1 aliphatic heterocycles. The summed E-state index contributed by atoms with van der Waals surface area (Å²) in [6.45, 7) is 4.01. The highest BCUT2D eigenvalue weighted by Gasteiger charge is 2.12. The maximum atomic E-state index is 11.7. The van der Waals surface area contributed by atoms with Gasteiger partial charge in [0.2, 0.25) is 5.91 Å². The Bertz CT molecular complexity index is 418. The van der Waals surface area contributed by atoms with Crippen LogP contribution in [-0.2, 0) is 11.2 Å². The first kappa shape index (κ1) is 12.7. The van der Waals surface area contributed by atoms with Gasteiger partial charge in [-0.15, -0.1) is 0 Å². The SMILES string of the molecule is CCCCNC(=O)Cc1ccc2c(c1)OCCO2. The lowest BCUT2D eigenvalue weighted by atomic mass is 10.1. The van der Waals surface area contributed by atoms with Gasteiger partial charge in [-0.25, -0.2) is 0 Å². The molecular formula is C14H19NO3. The maximum Gasteiger partial charge on any atom is 0.224 e. The summed E-state index contributed by atoms with van der Waals surface area (Å²) in [5.41, 5.74) is 0.952. The Morgan fingerprint density at radius 3 is 2.83 bits per heavy atom. The van der Waals surface area contributed by atoms with Crippen molar-refractivity contribution in [3.05, 3.63) is 23.8 Å². The van der Waals surface area contributed by atoms with Crippen LogP contribution < -0.4 is 14.8 Å². The second-order valence-electron chi connectivity index (χ2n) is 4.36. The lowest BCUT2D eigenvalue weighted by molar-refractivity contribution is -0.120. The lowest BCUT2D eigenvalue weighted by Crippen LogP contribution is -2.26. The van der Waals surface area contributed by atoms with E-state index in [9.17, 15) is 4.79 Å². The van der Waals surface area contributed by atoms with E-state index in [-0.39, 0.29) is 5.91 Å². The molecule has 1 aliphatic rings. The zero-order chi connectivity index (χ0) is 12.8. The molecule has 1 aromatic carbocycles. The number of rotatable bonds is 5. The van der Waals surface area contributed by atoms with Crippen molar-refractivity contribution in [1.82, 2.24) is 5.32 Å². The molecule has 1 heterocycles. The Balaban J connectivity index is 1.91. The van der Waals surface area contributed by atoms with Crippen LogP contribution in [0.4, 0.5) is 0 Å². The third-order valence-corrected chi connectivity index (χ3v) is 2.82. The zero-order valence-corrected chi connectivity index (χ0v) is 10.7. The fourth-order valence-corrected chi connectivity index (χ4v) is 1.85. The summed E-state index contributed by atoms with van der Waals surface area (Å²) >= 11 is 0. The minimum atomic E-state index is 0.0557. The summed E-state index contributed by atoms with van der Waals surface area (Å²) in [5.74, 6) is 1.55. The van der Waals surface area contributed by atoms with E-state index in [4.69, 9.17) is 9.47 Å². The first-order chi connectivity index (χ1) is 8.79. The number of hydrogen-bond acceptors (Lipinski definition) is 3. The predicted molar refractivity (Wildman–Crippen MR) is 69.1 cm³/mol. The summed E-state index contributed by atoms with van der Waals surface area (Å²) < 4.78 is 10.9. The average molecular weight is 249 g/mol. The quantitative estimate of drug-likeness (QED) is 0.811. The van der Waals surface area contributed by atoms with Crippen molar-refractivity contribution >= 4 is 5.91 Å². The molecule has 1 aromatic rings. The van der Waals surface area contributed by atoms with Crippen molar-refractivity contribution in [1.29, 1.82) is 0 Å². The number of unbranched alkanes of at least 4 members (excludes halogenated alkanes) is 1. The number of carbonyl (C=O) groups excluding carboxylic acids is 1. The van der Waals surface area contributed by atoms with Gasteiger partial charge in [-0.1, -0.05) is 19.4 Å². The van der Waals surface area contributed by atoms with Gasteiger partial charge in [0.1, 0.15) is 13.2 Å². The van der Waals surface area contributed by atoms with E-state index < -0.39 is 0 Å². The van der Waals surface area contributed by atoms with Crippen molar-refractivity contribution < 1.29 is 14.3 Å². The van der Waals surface area contributed by atoms with Crippen LogP contribution in [0.2, 0.25) is 0 Å². The molecule has 98 valence electrons. The van der Waals surface area contributed by atoms with Gasteiger partial charge in [0.15, 0.2) is 11.5 Å². The Morgan fingerprint density at radius 2 is 2.06 bits per heavy atom. The van der Waals surface area contributed by atoms with Gasteiger partial charge >= 0.3 is 0 Å². The Morgan fingerprint density at radius 1 is 1.28 bits per heavy atom. The molecule has 4 nitrogen and oxygen atoms in total. The van der Waals surface area contributed by atoms with Crippen molar-refractivity contribution in [3.8, 4) is 11.5 Å². The molecule has 1 amide bonds. The summed E-state index contributed by atoms with van der Waals surface area (Å²) in [5, 5.41) is 2.90. The number of carbonyl (C=O) groups is 1. The summed E-state index contributed by atoms with van der Waals surface area (Å²) in [6.07, 6.45) is 2.50. The minimum absolute atomic E-state index is 0.0557. The van der Waals surface area contributed by atoms with Gasteiger partial charge in [0.25, 0.3) is 0 Å². The van der Waals surface area contributed by atoms with Crippen molar-refractivity contribution in [2.24, 2.45) is 0 Å². The first-order valence-electron chi connectivity index (χ1n) is 6.45. The molecule has 18 heavy (non-hydrogen) atoms. The number of amides is 1. The highest BCUT2D eigenvalue weighted by atomic mass is 16.6. The second-order valence-corrected chi connectivity index (χ2v) is 4.36. The predicted octanol–water partition coefficient (Wildman–Crippen LogP) is 1.92. The molecule has 0 radical (unpaired) electrons. The Hall–Kier alpha value is -1.71. The monoisotopic (exact) mass is 249 g/mol. The molecule has 0 atom stereocenters. The third-order valence-electron chi connectivity index (χ3n) is 2.82. The number of benzene rings is 1. The van der Waals surface area contributed by atoms with Crippen molar-refractivity contribution in [2.75, 3.05) is 19.8 Å². The smallest absolute Gasteiger partial charge is 0.224 e. The normalized spacial score (nSPS) is 13.2. The second kappa shape index (κ2) is 6.28. The number of hydrogen-bond donors (Lipinski definition) is 1. The number of fused-ring (bicyclic) bond motifs is 1.